The van der Waals surface area contributed by atoms with Gasteiger partial charge in [0.1, 0.15) is 5.82 Å². The maximum Gasteiger partial charge on any atom is 0.416 e. The van der Waals surface area contributed by atoms with Crippen molar-refractivity contribution >= 4 is 11.6 Å². The molecule has 19 heavy (non-hydrogen) atoms. The molecule has 0 spiro atoms. The lowest BCUT2D eigenvalue weighted by atomic mass is 9.99. The second-order valence-electron chi connectivity index (χ2n) is 3.98. The van der Waals surface area contributed by atoms with Crippen LogP contribution in [0.3, 0.4) is 0 Å². The third-order valence-electron chi connectivity index (χ3n) is 2.74. The third kappa shape index (κ3) is 2.89. The lowest BCUT2D eigenvalue weighted by Crippen LogP contribution is -2.08. The van der Waals surface area contributed by atoms with E-state index in [1.807, 2.05) is 0 Å². The van der Waals surface area contributed by atoms with E-state index in [2.05, 4.69) is 0 Å². The molecule has 0 unspecified atom stereocenters. The summed E-state index contributed by atoms with van der Waals surface area (Å²) >= 11 is 5.49. The zero-order valence-corrected chi connectivity index (χ0v) is 10.4. The van der Waals surface area contributed by atoms with Gasteiger partial charge in [0.05, 0.1) is 5.56 Å². The molecule has 0 aliphatic carbocycles. The van der Waals surface area contributed by atoms with E-state index in [0.29, 0.717) is 0 Å². The first kappa shape index (κ1) is 13.9. The summed E-state index contributed by atoms with van der Waals surface area (Å²) in [5.74, 6) is -0.805. The minimum absolute atomic E-state index is 0.0192. The van der Waals surface area contributed by atoms with Crippen LogP contribution in [0.1, 0.15) is 11.1 Å². The summed E-state index contributed by atoms with van der Waals surface area (Å²) in [6, 6.07) is 9.33. The van der Waals surface area contributed by atoms with Gasteiger partial charge < -0.3 is 0 Å². The molecule has 0 atom stereocenters. The fraction of sp³-hybridized carbons (Fsp3) is 0.143. The Morgan fingerprint density at radius 3 is 2.26 bits per heavy atom. The van der Waals surface area contributed by atoms with Crippen LogP contribution in [-0.2, 0) is 12.1 Å². The van der Waals surface area contributed by atoms with Gasteiger partial charge in [-0.2, -0.15) is 13.2 Å². The highest BCUT2D eigenvalue weighted by Gasteiger charge is 2.33. The van der Waals surface area contributed by atoms with Crippen LogP contribution in [0.25, 0.3) is 11.1 Å². The van der Waals surface area contributed by atoms with Crippen LogP contribution in [-0.4, -0.2) is 0 Å². The smallest absolute Gasteiger partial charge is 0.206 e. The maximum atomic E-state index is 13.6. The Bertz CT molecular complexity index is 590. The number of halogens is 5. The van der Waals surface area contributed by atoms with Crippen LogP contribution >= 0.6 is 11.6 Å². The molecule has 0 aliphatic rings. The number of hydrogen-bond donors (Lipinski definition) is 0. The molecule has 0 heterocycles. The second kappa shape index (κ2) is 5.21. The van der Waals surface area contributed by atoms with Gasteiger partial charge >= 0.3 is 6.18 Å². The molecule has 0 N–H and O–H groups in total. The first-order valence-corrected chi connectivity index (χ1v) is 5.98. The topological polar surface area (TPSA) is 0 Å². The average Bonchev–Trinajstić information content (AvgIpc) is 2.37. The predicted molar refractivity (Wildman–Crippen MR) is 66.4 cm³/mol. The van der Waals surface area contributed by atoms with Crippen molar-refractivity contribution in [3.8, 4) is 11.1 Å². The van der Waals surface area contributed by atoms with Gasteiger partial charge in [-0.3, -0.25) is 0 Å². The first-order chi connectivity index (χ1) is 8.93. The molecule has 0 bridgehead atoms. The van der Waals surface area contributed by atoms with Crippen molar-refractivity contribution < 1.29 is 17.6 Å². The molecule has 2 aromatic carbocycles. The highest BCUT2D eigenvalue weighted by atomic mass is 35.5. The van der Waals surface area contributed by atoms with Crippen LogP contribution in [0.4, 0.5) is 17.6 Å². The van der Waals surface area contributed by atoms with Gasteiger partial charge in [0.25, 0.3) is 0 Å². The Morgan fingerprint density at radius 1 is 1.00 bits per heavy atom. The molecular weight excluding hydrogens is 280 g/mol. The van der Waals surface area contributed by atoms with Gasteiger partial charge in [-0.1, -0.05) is 30.3 Å². The minimum Gasteiger partial charge on any atom is -0.206 e. The Balaban J connectivity index is 2.59. The molecular formula is C14H9ClF4. The average molecular weight is 289 g/mol. The normalized spacial score (nSPS) is 11.6. The minimum atomic E-state index is -4.51. The van der Waals surface area contributed by atoms with Gasteiger partial charge in [-0.25, -0.2) is 4.39 Å². The molecule has 100 valence electrons. The van der Waals surface area contributed by atoms with E-state index in [1.54, 1.807) is 6.07 Å². The van der Waals surface area contributed by atoms with Gasteiger partial charge in [-0.15, -0.1) is 11.6 Å². The molecule has 2 aromatic rings. The van der Waals surface area contributed by atoms with Crippen LogP contribution in [0.2, 0.25) is 0 Å². The molecule has 0 amide bonds. The number of hydrogen-bond acceptors (Lipinski definition) is 0. The van der Waals surface area contributed by atoms with Crippen molar-refractivity contribution in [2.75, 3.05) is 0 Å². The van der Waals surface area contributed by atoms with Crippen molar-refractivity contribution in [3.63, 3.8) is 0 Å². The molecule has 0 radical (unpaired) electrons. The van der Waals surface area contributed by atoms with Crippen LogP contribution < -0.4 is 0 Å². The van der Waals surface area contributed by atoms with Crippen LogP contribution in [0, 0.1) is 5.82 Å². The Hall–Kier alpha value is -1.55. The van der Waals surface area contributed by atoms with Gasteiger partial charge in [0.2, 0.25) is 0 Å². The highest BCUT2D eigenvalue weighted by molar-refractivity contribution is 6.17. The van der Waals surface area contributed by atoms with E-state index in [-0.39, 0.29) is 22.6 Å². The van der Waals surface area contributed by atoms with E-state index in [1.165, 1.54) is 30.3 Å². The molecule has 2 rings (SSSR count). The quantitative estimate of drug-likeness (QED) is 0.523. The summed E-state index contributed by atoms with van der Waals surface area (Å²) in [6.07, 6.45) is -4.51. The summed E-state index contributed by atoms with van der Waals surface area (Å²) in [7, 11) is 0. The second-order valence-corrected chi connectivity index (χ2v) is 4.25. The van der Waals surface area contributed by atoms with E-state index in [0.717, 1.165) is 6.07 Å². The largest absolute Gasteiger partial charge is 0.416 e. The molecule has 0 fully saturated rings. The Kier molecular flexibility index (Phi) is 3.80. The molecule has 0 nitrogen and oxygen atoms in total. The first-order valence-electron chi connectivity index (χ1n) is 5.44. The monoisotopic (exact) mass is 288 g/mol. The van der Waals surface area contributed by atoms with Crippen LogP contribution in [0.15, 0.2) is 42.5 Å². The molecule has 0 saturated heterocycles. The van der Waals surface area contributed by atoms with E-state index in [4.69, 9.17) is 11.6 Å². The summed E-state index contributed by atoms with van der Waals surface area (Å²) in [6.45, 7) is 0. The van der Waals surface area contributed by atoms with E-state index >= 15 is 0 Å². The fourth-order valence-corrected chi connectivity index (χ4v) is 2.05. The van der Waals surface area contributed by atoms with Gasteiger partial charge in [0.15, 0.2) is 0 Å². The van der Waals surface area contributed by atoms with Crippen LogP contribution in [0.5, 0.6) is 0 Å². The molecule has 0 aliphatic heterocycles. The Labute approximate surface area is 112 Å². The molecule has 0 aromatic heterocycles. The number of alkyl halides is 4. The summed E-state index contributed by atoms with van der Waals surface area (Å²) in [5.41, 5.74) is -0.536. The number of rotatable bonds is 2. The summed E-state index contributed by atoms with van der Waals surface area (Å²) < 4.78 is 52.2. The van der Waals surface area contributed by atoms with E-state index in [9.17, 15) is 17.6 Å². The molecule has 0 saturated carbocycles. The van der Waals surface area contributed by atoms with Gasteiger partial charge in [0, 0.05) is 11.4 Å². The van der Waals surface area contributed by atoms with Crippen molar-refractivity contribution in [2.45, 2.75) is 12.1 Å². The zero-order valence-electron chi connectivity index (χ0n) is 9.64. The lowest BCUT2D eigenvalue weighted by Gasteiger charge is -2.13. The fourth-order valence-electron chi connectivity index (χ4n) is 1.82. The number of benzene rings is 2. The van der Waals surface area contributed by atoms with Crippen molar-refractivity contribution in [3.05, 3.63) is 59.4 Å². The van der Waals surface area contributed by atoms with Gasteiger partial charge in [-0.05, 0) is 23.3 Å². The SMILES string of the molecule is Fc1ccccc1-c1ccc(CCl)c(C(F)(F)F)c1. The summed E-state index contributed by atoms with van der Waals surface area (Å²) in [4.78, 5) is 0. The third-order valence-corrected chi connectivity index (χ3v) is 3.03. The lowest BCUT2D eigenvalue weighted by molar-refractivity contribution is -0.138. The Morgan fingerprint density at radius 2 is 1.68 bits per heavy atom. The van der Waals surface area contributed by atoms with E-state index < -0.39 is 17.6 Å². The zero-order chi connectivity index (χ0) is 14.0. The highest BCUT2D eigenvalue weighted by Crippen LogP contribution is 2.36. The van der Waals surface area contributed by atoms with Crippen molar-refractivity contribution in [1.29, 1.82) is 0 Å². The predicted octanol–water partition coefficient (Wildman–Crippen LogP) is 5.25. The van der Waals surface area contributed by atoms with Crippen molar-refractivity contribution in [1.82, 2.24) is 0 Å². The standard InChI is InChI=1S/C14H9ClF4/c15-8-10-6-5-9(7-12(10)14(17,18)19)11-3-1-2-4-13(11)16/h1-7H,8H2. The van der Waals surface area contributed by atoms with Crippen molar-refractivity contribution in [2.24, 2.45) is 0 Å². The summed E-state index contributed by atoms with van der Waals surface area (Å²) in [5, 5.41) is 0. The molecule has 5 heteroatoms. The maximum absolute atomic E-state index is 13.6.